The Balaban J connectivity index is 2.20. The molecule has 9 heteroatoms. The van der Waals surface area contributed by atoms with E-state index in [1.54, 1.807) is 6.92 Å². The van der Waals surface area contributed by atoms with Gasteiger partial charge in [-0.2, -0.15) is 10.2 Å². The summed E-state index contributed by atoms with van der Waals surface area (Å²) in [6.07, 6.45) is 0. The number of aromatic nitrogens is 2. The highest BCUT2D eigenvalue weighted by Crippen LogP contribution is 2.19. The Morgan fingerprint density at radius 1 is 1.50 bits per heavy atom. The van der Waals surface area contributed by atoms with Crippen LogP contribution in [0.4, 0.5) is 5.69 Å². The molecule has 0 aliphatic carbocycles. The van der Waals surface area contributed by atoms with Crippen molar-refractivity contribution in [2.75, 3.05) is 5.73 Å². The SMILES string of the molecule is Cc1noc(CNS(=O)(=O)c2ccc(C#N)cc2N)n1. The van der Waals surface area contributed by atoms with Crippen molar-refractivity contribution in [3.8, 4) is 6.07 Å². The van der Waals surface area contributed by atoms with Crippen molar-refractivity contribution in [1.82, 2.24) is 14.9 Å². The molecular formula is C11H11N5O3S. The molecule has 1 aromatic heterocycles. The van der Waals surface area contributed by atoms with Gasteiger partial charge in [-0.25, -0.2) is 13.1 Å². The lowest BCUT2D eigenvalue weighted by molar-refractivity contribution is 0.372. The quantitative estimate of drug-likeness (QED) is 0.774. The number of rotatable bonds is 4. The molecule has 8 nitrogen and oxygen atoms in total. The molecule has 0 saturated heterocycles. The van der Waals surface area contributed by atoms with Crippen LogP contribution in [-0.2, 0) is 16.6 Å². The molecule has 0 aliphatic heterocycles. The summed E-state index contributed by atoms with van der Waals surface area (Å²) >= 11 is 0. The Hall–Kier alpha value is -2.44. The molecule has 0 amide bonds. The Bertz CT molecular complexity index is 776. The van der Waals surface area contributed by atoms with E-state index in [0.717, 1.165) is 0 Å². The summed E-state index contributed by atoms with van der Waals surface area (Å²) < 4.78 is 31.2. The van der Waals surface area contributed by atoms with Crippen molar-refractivity contribution in [3.05, 3.63) is 35.5 Å². The maximum Gasteiger partial charge on any atom is 0.243 e. The molecule has 0 radical (unpaired) electrons. The predicted molar refractivity (Wildman–Crippen MR) is 68.6 cm³/mol. The first-order chi connectivity index (χ1) is 9.42. The Labute approximate surface area is 115 Å². The number of sulfonamides is 1. The highest BCUT2D eigenvalue weighted by molar-refractivity contribution is 7.89. The number of anilines is 1. The molecule has 0 fully saturated rings. The fraction of sp³-hybridized carbons (Fsp3) is 0.182. The van der Waals surface area contributed by atoms with E-state index >= 15 is 0 Å². The van der Waals surface area contributed by atoms with Crippen LogP contribution in [-0.4, -0.2) is 18.6 Å². The van der Waals surface area contributed by atoms with Gasteiger partial charge in [0.25, 0.3) is 0 Å². The van der Waals surface area contributed by atoms with Gasteiger partial charge >= 0.3 is 0 Å². The van der Waals surface area contributed by atoms with E-state index in [2.05, 4.69) is 14.9 Å². The fourth-order valence-electron chi connectivity index (χ4n) is 1.51. The van der Waals surface area contributed by atoms with Gasteiger partial charge in [0.1, 0.15) is 4.90 Å². The summed E-state index contributed by atoms with van der Waals surface area (Å²) in [4.78, 5) is 3.77. The summed E-state index contributed by atoms with van der Waals surface area (Å²) in [6.45, 7) is 1.49. The minimum atomic E-state index is -3.82. The Morgan fingerprint density at radius 2 is 2.25 bits per heavy atom. The Morgan fingerprint density at radius 3 is 2.80 bits per heavy atom. The molecule has 0 atom stereocenters. The van der Waals surface area contributed by atoms with Crippen molar-refractivity contribution in [2.24, 2.45) is 0 Å². The normalized spacial score (nSPS) is 11.2. The monoisotopic (exact) mass is 293 g/mol. The van der Waals surface area contributed by atoms with Gasteiger partial charge in [0, 0.05) is 0 Å². The lowest BCUT2D eigenvalue weighted by atomic mass is 10.2. The Kier molecular flexibility index (Phi) is 3.69. The second kappa shape index (κ2) is 5.28. The third kappa shape index (κ3) is 2.93. The number of nitrogens with two attached hydrogens (primary N) is 1. The lowest BCUT2D eigenvalue weighted by Crippen LogP contribution is -2.24. The molecule has 0 spiro atoms. The second-order valence-electron chi connectivity index (χ2n) is 3.92. The standard InChI is InChI=1S/C11H11N5O3S/c1-7-15-11(19-16-7)6-14-20(17,18)10-3-2-8(5-12)4-9(10)13/h2-4,14H,6,13H2,1H3. The zero-order valence-electron chi connectivity index (χ0n) is 10.5. The molecule has 0 aliphatic rings. The zero-order valence-corrected chi connectivity index (χ0v) is 11.3. The van der Waals surface area contributed by atoms with Gasteiger partial charge in [0.05, 0.1) is 23.9 Å². The average Bonchev–Trinajstić information content (AvgIpc) is 2.82. The molecular weight excluding hydrogens is 282 g/mol. The first kappa shape index (κ1) is 14.0. The maximum atomic E-state index is 12.1. The minimum Gasteiger partial charge on any atom is -0.398 e. The summed E-state index contributed by atoms with van der Waals surface area (Å²) in [5, 5.41) is 12.3. The molecule has 1 aromatic carbocycles. The van der Waals surface area contributed by atoms with Gasteiger partial charge in [-0.05, 0) is 25.1 Å². The van der Waals surface area contributed by atoms with Crippen LogP contribution in [0.25, 0.3) is 0 Å². The van der Waals surface area contributed by atoms with Crippen LogP contribution >= 0.6 is 0 Å². The van der Waals surface area contributed by atoms with E-state index < -0.39 is 10.0 Å². The van der Waals surface area contributed by atoms with E-state index in [1.165, 1.54) is 18.2 Å². The van der Waals surface area contributed by atoms with E-state index in [0.29, 0.717) is 5.82 Å². The summed E-state index contributed by atoms with van der Waals surface area (Å²) in [5.74, 6) is 0.565. The van der Waals surface area contributed by atoms with Crippen molar-refractivity contribution in [2.45, 2.75) is 18.4 Å². The molecule has 0 bridgehead atoms. The van der Waals surface area contributed by atoms with Crippen LogP contribution in [0.5, 0.6) is 0 Å². The fourth-order valence-corrected chi connectivity index (χ4v) is 2.59. The van der Waals surface area contributed by atoms with Crippen molar-refractivity contribution >= 4 is 15.7 Å². The number of hydrogen-bond acceptors (Lipinski definition) is 7. The van der Waals surface area contributed by atoms with Gasteiger partial charge in [-0.3, -0.25) is 0 Å². The smallest absolute Gasteiger partial charge is 0.243 e. The second-order valence-corrected chi connectivity index (χ2v) is 5.66. The van der Waals surface area contributed by atoms with Crippen LogP contribution in [0, 0.1) is 18.3 Å². The summed E-state index contributed by atoms with van der Waals surface area (Å²) in [5.41, 5.74) is 5.92. The van der Waals surface area contributed by atoms with Crippen molar-refractivity contribution < 1.29 is 12.9 Å². The topological polar surface area (TPSA) is 135 Å². The predicted octanol–water partition coefficient (Wildman–Crippen LogP) is 0.310. The molecule has 2 aromatic rings. The number of benzene rings is 1. The first-order valence-electron chi connectivity index (χ1n) is 5.51. The van der Waals surface area contributed by atoms with E-state index in [-0.39, 0.29) is 28.6 Å². The minimum absolute atomic E-state index is 0.00161. The van der Waals surface area contributed by atoms with Gasteiger partial charge in [0.2, 0.25) is 15.9 Å². The van der Waals surface area contributed by atoms with Crippen LogP contribution in [0.3, 0.4) is 0 Å². The van der Waals surface area contributed by atoms with Crippen LogP contribution in [0.1, 0.15) is 17.3 Å². The van der Waals surface area contributed by atoms with Crippen molar-refractivity contribution in [3.63, 3.8) is 0 Å². The third-order valence-electron chi connectivity index (χ3n) is 2.41. The van der Waals surface area contributed by atoms with Crippen molar-refractivity contribution in [1.29, 1.82) is 5.26 Å². The van der Waals surface area contributed by atoms with Crippen LogP contribution in [0.15, 0.2) is 27.6 Å². The highest BCUT2D eigenvalue weighted by atomic mass is 32.2. The molecule has 2 rings (SSSR count). The van der Waals surface area contributed by atoms with E-state index in [4.69, 9.17) is 15.5 Å². The molecule has 0 unspecified atom stereocenters. The average molecular weight is 293 g/mol. The number of hydrogen-bond donors (Lipinski definition) is 2. The van der Waals surface area contributed by atoms with Crippen LogP contribution < -0.4 is 10.5 Å². The third-order valence-corrected chi connectivity index (χ3v) is 3.89. The molecule has 1 heterocycles. The number of aryl methyl sites for hydroxylation is 1. The lowest BCUT2D eigenvalue weighted by Gasteiger charge is -2.07. The van der Waals surface area contributed by atoms with Gasteiger partial charge in [-0.1, -0.05) is 5.16 Å². The summed E-state index contributed by atoms with van der Waals surface area (Å²) in [6, 6.07) is 5.83. The molecule has 20 heavy (non-hydrogen) atoms. The van der Waals surface area contributed by atoms with Crippen LogP contribution in [0.2, 0.25) is 0 Å². The van der Waals surface area contributed by atoms with Gasteiger partial charge in [-0.15, -0.1) is 0 Å². The number of nitriles is 1. The molecule has 0 saturated carbocycles. The molecule has 104 valence electrons. The molecule has 3 N–H and O–H groups in total. The number of nitrogens with zero attached hydrogens (tertiary/aromatic N) is 3. The number of nitrogens with one attached hydrogen (secondary N) is 1. The zero-order chi connectivity index (χ0) is 14.8. The highest BCUT2D eigenvalue weighted by Gasteiger charge is 2.18. The first-order valence-corrected chi connectivity index (χ1v) is 6.99. The maximum absolute atomic E-state index is 12.1. The van der Waals surface area contributed by atoms with Gasteiger partial charge in [0.15, 0.2) is 5.82 Å². The largest absolute Gasteiger partial charge is 0.398 e. The van der Waals surface area contributed by atoms with E-state index in [9.17, 15) is 8.42 Å². The van der Waals surface area contributed by atoms with E-state index in [1.807, 2.05) is 6.07 Å². The number of nitrogen functional groups attached to an aromatic ring is 1. The summed E-state index contributed by atoms with van der Waals surface area (Å²) in [7, 11) is -3.82. The van der Waals surface area contributed by atoms with Gasteiger partial charge < -0.3 is 10.3 Å².